The first-order valence-electron chi connectivity index (χ1n) is 7.08. The molecular formula is C14H21N5. The summed E-state index contributed by atoms with van der Waals surface area (Å²) in [6.07, 6.45) is 4.28. The van der Waals surface area contributed by atoms with Gasteiger partial charge < -0.3 is 10.2 Å². The van der Waals surface area contributed by atoms with Gasteiger partial charge in [-0.2, -0.15) is 4.98 Å². The van der Waals surface area contributed by atoms with Crippen molar-refractivity contribution in [2.75, 3.05) is 24.5 Å². The van der Waals surface area contributed by atoms with Crippen molar-refractivity contribution in [2.45, 2.75) is 32.7 Å². The van der Waals surface area contributed by atoms with E-state index in [9.17, 15) is 0 Å². The molecule has 1 unspecified atom stereocenters. The molecule has 3 heterocycles. The van der Waals surface area contributed by atoms with Crippen LogP contribution < -0.4 is 10.2 Å². The molecule has 1 atom stereocenters. The van der Waals surface area contributed by atoms with Crippen LogP contribution in [0.25, 0.3) is 5.65 Å². The van der Waals surface area contributed by atoms with Crippen LogP contribution in [0, 0.1) is 6.92 Å². The molecule has 1 fully saturated rings. The third-order valence-electron chi connectivity index (χ3n) is 3.68. The molecule has 0 amide bonds. The Hall–Kier alpha value is -1.62. The van der Waals surface area contributed by atoms with Crippen LogP contribution in [0.4, 0.5) is 5.95 Å². The fraction of sp³-hybridized carbons (Fsp3) is 0.571. The zero-order chi connectivity index (χ0) is 13.2. The maximum absolute atomic E-state index is 4.69. The van der Waals surface area contributed by atoms with E-state index >= 15 is 0 Å². The molecule has 0 spiro atoms. The molecule has 102 valence electrons. The number of nitrogens with one attached hydrogen (secondary N) is 1. The third kappa shape index (κ3) is 2.42. The molecule has 0 saturated carbocycles. The molecule has 5 nitrogen and oxygen atoms in total. The maximum atomic E-state index is 4.69. The summed E-state index contributed by atoms with van der Waals surface area (Å²) in [6.45, 7) is 7.43. The normalized spacial score (nSPS) is 19.2. The average Bonchev–Trinajstić information content (AvgIpc) is 3.04. The van der Waals surface area contributed by atoms with Crippen LogP contribution in [0.5, 0.6) is 0 Å². The van der Waals surface area contributed by atoms with Crippen molar-refractivity contribution in [1.82, 2.24) is 19.9 Å². The lowest BCUT2D eigenvalue weighted by Gasteiger charge is -2.26. The molecule has 2 aromatic rings. The van der Waals surface area contributed by atoms with Crippen molar-refractivity contribution in [1.29, 1.82) is 0 Å². The van der Waals surface area contributed by atoms with Gasteiger partial charge in [0.2, 0.25) is 5.95 Å². The summed E-state index contributed by atoms with van der Waals surface area (Å²) in [5, 5.41) is 8.04. The molecule has 0 aliphatic carbocycles. The highest BCUT2D eigenvalue weighted by molar-refractivity contribution is 5.47. The highest BCUT2D eigenvalue weighted by atomic mass is 15.4. The van der Waals surface area contributed by atoms with Crippen molar-refractivity contribution in [3.63, 3.8) is 0 Å². The fourth-order valence-electron chi connectivity index (χ4n) is 2.69. The Balaban J connectivity index is 1.94. The Labute approximate surface area is 113 Å². The number of aromatic nitrogens is 3. The van der Waals surface area contributed by atoms with Crippen molar-refractivity contribution in [3.8, 4) is 0 Å². The van der Waals surface area contributed by atoms with E-state index in [4.69, 9.17) is 0 Å². The molecule has 2 aromatic heterocycles. The van der Waals surface area contributed by atoms with Crippen molar-refractivity contribution >= 4 is 11.6 Å². The second-order valence-corrected chi connectivity index (χ2v) is 5.26. The van der Waals surface area contributed by atoms with Crippen molar-refractivity contribution < 1.29 is 0 Å². The summed E-state index contributed by atoms with van der Waals surface area (Å²) in [5.41, 5.74) is 2.15. The number of hydrogen-bond acceptors (Lipinski definition) is 4. The minimum Gasteiger partial charge on any atom is -0.335 e. The summed E-state index contributed by atoms with van der Waals surface area (Å²) < 4.78 is 1.87. The molecule has 5 heteroatoms. The predicted octanol–water partition coefficient (Wildman–Crippen LogP) is 1.62. The van der Waals surface area contributed by atoms with E-state index in [1.807, 2.05) is 10.7 Å². The SMILES string of the molecule is CCCN(c1nc2cc(C)ccn2n1)C1CCNC1. The summed E-state index contributed by atoms with van der Waals surface area (Å²) >= 11 is 0. The maximum Gasteiger partial charge on any atom is 0.245 e. The lowest BCUT2D eigenvalue weighted by atomic mass is 10.2. The summed E-state index contributed by atoms with van der Waals surface area (Å²) in [7, 11) is 0. The van der Waals surface area contributed by atoms with Crippen LogP contribution in [0.2, 0.25) is 0 Å². The van der Waals surface area contributed by atoms with E-state index in [2.05, 4.69) is 46.3 Å². The lowest BCUT2D eigenvalue weighted by molar-refractivity contribution is 0.609. The summed E-state index contributed by atoms with van der Waals surface area (Å²) in [6, 6.07) is 4.67. The first-order valence-corrected chi connectivity index (χ1v) is 7.08. The first-order chi connectivity index (χ1) is 9.28. The van der Waals surface area contributed by atoms with Gasteiger partial charge in [-0.1, -0.05) is 6.92 Å². The van der Waals surface area contributed by atoms with E-state index < -0.39 is 0 Å². The predicted molar refractivity (Wildman–Crippen MR) is 76.6 cm³/mol. The van der Waals surface area contributed by atoms with Crippen molar-refractivity contribution in [3.05, 3.63) is 23.9 Å². The molecule has 0 bridgehead atoms. The fourth-order valence-corrected chi connectivity index (χ4v) is 2.69. The van der Waals surface area contributed by atoms with Crippen LogP contribution in [0.15, 0.2) is 18.3 Å². The minimum absolute atomic E-state index is 0.526. The van der Waals surface area contributed by atoms with Crippen LogP contribution >= 0.6 is 0 Å². The second kappa shape index (κ2) is 5.17. The van der Waals surface area contributed by atoms with Crippen LogP contribution in [0.1, 0.15) is 25.3 Å². The summed E-state index contributed by atoms with van der Waals surface area (Å²) in [5.74, 6) is 0.862. The standard InChI is InChI=1S/C14H21N5/c1-3-7-18(12-4-6-15-10-12)14-16-13-9-11(2)5-8-19(13)17-14/h5,8-9,12,15H,3-4,6-7,10H2,1-2H3. The molecule has 1 aliphatic rings. The minimum atomic E-state index is 0.526. The van der Waals surface area contributed by atoms with Crippen LogP contribution in [-0.2, 0) is 0 Å². The van der Waals surface area contributed by atoms with Crippen molar-refractivity contribution in [2.24, 2.45) is 0 Å². The van der Waals surface area contributed by atoms with Gasteiger partial charge in [-0.3, -0.25) is 0 Å². The van der Waals surface area contributed by atoms with Gasteiger partial charge in [-0.05, 0) is 44.0 Å². The van der Waals surface area contributed by atoms with Gasteiger partial charge in [0.15, 0.2) is 5.65 Å². The van der Waals surface area contributed by atoms with E-state index in [0.29, 0.717) is 6.04 Å². The number of rotatable bonds is 4. The van der Waals surface area contributed by atoms with E-state index in [-0.39, 0.29) is 0 Å². The van der Waals surface area contributed by atoms with Gasteiger partial charge in [-0.25, -0.2) is 4.52 Å². The number of hydrogen-bond donors (Lipinski definition) is 1. The van der Waals surface area contributed by atoms with Gasteiger partial charge in [0.05, 0.1) is 0 Å². The monoisotopic (exact) mass is 259 g/mol. The first kappa shape index (κ1) is 12.4. The topological polar surface area (TPSA) is 45.5 Å². The van der Waals surface area contributed by atoms with Gasteiger partial charge in [0.25, 0.3) is 0 Å². The smallest absolute Gasteiger partial charge is 0.245 e. The lowest BCUT2D eigenvalue weighted by Crippen LogP contribution is -2.38. The highest BCUT2D eigenvalue weighted by Gasteiger charge is 2.24. The molecule has 3 rings (SSSR count). The molecule has 1 N–H and O–H groups in total. The Morgan fingerprint density at radius 1 is 1.53 bits per heavy atom. The molecular weight excluding hydrogens is 238 g/mol. The molecule has 0 aromatic carbocycles. The third-order valence-corrected chi connectivity index (χ3v) is 3.68. The molecule has 1 saturated heterocycles. The van der Waals surface area contributed by atoms with Gasteiger partial charge in [0, 0.05) is 25.3 Å². The van der Waals surface area contributed by atoms with Gasteiger partial charge in [0.1, 0.15) is 0 Å². The van der Waals surface area contributed by atoms with Gasteiger partial charge >= 0.3 is 0 Å². The number of aryl methyl sites for hydroxylation is 1. The van der Waals surface area contributed by atoms with E-state index in [0.717, 1.165) is 37.7 Å². The van der Waals surface area contributed by atoms with Crippen LogP contribution in [-0.4, -0.2) is 40.3 Å². The zero-order valence-electron chi connectivity index (χ0n) is 11.6. The quantitative estimate of drug-likeness (QED) is 0.906. The Morgan fingerprint density at radius 2 is 2.42 bits per heavy atom. The van der Waals surface area contributed by atoms with Gasteiger partial charge in [-0.15, -0.1) is 5.10 Å². The number of nitrogens with zero attached hydrogens (tertiary/aromatic N) is 4. The molecule has 1 aliphatic heterocycles. The largest absolute Gasteiger partial charge is 0.335 e. The second-order valence-electron chi connectivity index (χ2n) is 5.26. The van der Waals surface area contributed by atoms with Crippen LogP contribution in [0.3, 0.4) is 0 Å². The summed E-state index contributed by atoms with van der Waals surface area (Å²) in [4.78, 5) is 7.04. The number of pyridine rings is 1. The Kier molecular flexibility index (Phi) is 3.38. The zero-order valence-corrected chi connectivity index (χ0v) is 11.6. The molecule has 0 radical (unpaired) electrons. The Bertz CT molecular complexity index is 556. The highest BCUT2D eigenvalue weighted by Crippen LogP contribution is 2.18. The number of anilines is 1. The van der Waals surface area contributed by atoms with E-state index in [1.165, 1.54) is 12.0 Å². The average molecular weight is 259 g/mol. The molecule has 19 heavy (non-hydrogen) atoms. The van der Waals surface area contributed by atoms with E-state index in [1.54, 1.807) is 0 Å². The number of fused-ring (bicyclic) bond motifs is 1. The Morgan fingerprint density at radius 3 is 3.16 bits per heavy atom.